The molecule has 34 heavy (non-hydrogen) atoms. The molecule has 2 N–H and O–H groups in total. The number of nitrogens with one attached hydrogen (secondary N) is 1. The first-order valence-electron chi connectivity index (χ1n) is 9.74. The highest BCUT2D eigenvalue weighted by Crippen LogP contribution is 2.30. The van der Waals surface area contributed by atoms with Gasteiger partial charge in [0.1, 0.15) is 5.82 Å². The Kier molecular flexibility index (Phi) is 7.64. The lowest BCUT2D eigenvalue weighted by Crippen LogP contribution is -2.37. The van der Waals surface area contributed by atoms with Crippen molar-refractivity contribution in [2.45, 2.75) is 23.5 Å². The number of carboxylic acid groups (broad SMARTS) is 1. The van der Waals surface area contributed by atoms with Crippen molar-refractivity contribution in [3.05, 3.63) is 65.6 Å². The van der Waals surface area contributed by atoms with Crippen molar-refractivity contribution in [2.24, 2.45) is 0 Å². The van der Waals surface area contributed by atoms with Crippen LogP contribution in [0.15, 0.2) is 59.6 Å². The van der Waals surface area contributed by atoms with Gasteiger partial charge in [-0.25, -0.2) is 22.3 Å². The van der Waals surface area contributed by atoms with E-state index in [0.717, 1.165) is 22.7 Å². The molecule has 2 heterocycles. The third-order valence-electron chi connectivity index (χ3n) is 4.88. The largest absolute Gasteiger partial charge is 0.490 e. The molecule has 1 aliphatic rings. The van der Waals surface area contributed by atoms with E-state index in [2.05, 4.69) is 14.6 Å². The Morgan fingerprint density at radius 3 is 2.53 bits per heavy atom. The van der Waals surface area contributed by atoms with Crippen molar-refractivity contribution in [3.63, 3.8) is 0 Å². The van der Waals surface area contributed by atoms with Crippen molar-refractivity contribution in [2.75, 3.05) is 18.0 Å². The zero-order chi connectivity index (χ0) is 25.1. The summed E-state index contributed by atoms with van der Waals surface area (Å²) in [5.41, 5.74) is 1.79. The maximum atomic E-state index is 13.4. The quantitative estimate of drug-likeness (QED) is 0.501. The molecular formula is C21H18ClF4N3O4S. The maximum Gasteiger partial charge on any atom is 0.490 e. The number of aliphatic carboxylic acids is 1. The van der Waals surface area contributed by atoms with Gasteiger partial charge in [-0.15, -0.1) is 0 Å². The first-order chi connectivity index (χ1) is 15.9. The molecule has 1 aliphatic heterocycles. The van der Waals surface area contributed by atoms with Crippen LogP contribution in [0.4, 0.5) is 23.2 Å². The minimum atomic E-state index is -5.08. The summed E-state index contributed by atoms with van der Waals surface area (Å²) in [5.74, 6) is -3.33. The van der Waals surface area contributed by atoms with E-state index in [-0.39, 0.29) is 10.9 Å². The van der Waals surface area contributed by atoms with Crippen LogP contribution in [0.3, 0.4) is 0 Å². The third-order valence-corrected chi connectivity index (χ3v) is 6.63. The Morgan fingerprint density at radius 2 is 1.88 bits per heavy atom. The number of fused-ring (bicyclic) bond motifs is 1. The van der Waals surface area contributed by atoms with Crippen molar-refractivity contribution in [1.82, 2.24) is 9.71 Å². The summed E-state index contributed by atoms with van der Waals surface area (Å²) in [4.78, 5) is 15.3. The summed E-state index contributed by atoms with van der Waals surface area (Å²) < 4.78 is 72.8. The summed E-state index contributed by atoms with van der Waals surface area (Å²) in [5, 5.41) is 8.71. The van der Waals surface area contributed by atoms with Gasteiger partial charge in [0, 0.05) is 41.4 Å². The minimum Gasteiger partial charge on any atom is -0.475 e. The number of carboxylic acids is 1. The molecule has 3 aromatic rings. The fraction of sp³-hybridized carbons (Fsp3) is 0.238. The fourth-order valence-electron chi connectivity index (χ4n) is 3.38. The number of halogens is 5. The molecule has 7 nitrogen and oxygen atoms in total. The number of pyridine rings is 1. The minimum absolute atomic E-state index is 0.0649. The topological polar surface area (TPSA) is 99.6 Å². The lowest BCUT2D eigenvalue weighted by molar-refractivity contribution is -0.192. The van der Waals surface area contributed by atoms with E-state index < -0.39 is 28.0 Å². The number of sulfonamides is 1. The molecule has 13 heteroatoms. The highest BCUT2D eigenvalue weighted by molar-refractivity contribution is 7.89. The van der Waals surface area contributed by atoms with Crippen LogP contribution in [0, 0.1) is 5.82 Å². The van der Waals surface area contributed by atoms with Crippen LogP contribution in [-0.2, 0) is 14.8 Å². The number of benzene rings is 2. The monoisotopic (exact) mass is 519 g/mol. The Balaban J connectivity index is 0.000000406. The highest BCUT2D eigenvalue weighted by atomic mass is 35.5. The molecule has 1 aromatic heterocycles. The number of hydrogen-bond donors (Lipinski definition) is 2. The van der Waals surface area contributed by atoms with Crippen LogP contribution < -0.4 is 9.62 Å². The van der Waals surface area contributed by atoms with E-state index in [0.29, 0.717) is 24.5 Å². The Labute approximate surface area is 197 Å². The van der Waals surface area contributed by atoms with Crippen LogP contribution in [0.25, 0.3) is 10.9 Å². The average molecular weight is 520 g/mol. The molecule has 1 atom stereocenters. The van der Waals surface area contributed by atoms with Crippen molar-refractivity contribution in [1.29, 1.82) is 0 Å². The lowest BCUT2D eigenvalue weighted by Gasteiger charge is -2.21. The number of aromatic nitrogens is 1. The predicted octanol–water partition coefficient (Wildman–Crippen LogP) is 4.22. The van der Waals surface area contributed by atoms with Gasteiger partial charge in [0.25, 0.3) is 0 Å². The first-order valence-corrected chi connectivity index (χ1v) is 11.6. The molecule has 0 aliphatic carbocycles. The van der Waals surface area contributed by atoms with Crippen LogP contribution in [0.2, 0.25) is 5.02 Å². The summed E-state index contributed by atoms with van der Waals surface area (Å²) in [6.45, 7) is 1.23. The number of hydrogen-bond acceptors (Lipinski definition) is 5. The standard InChI is InChI=1S/C19H17ClFN3O2S.C2HF3O2/c20-13-4-5-17-18(10-13)22-8-6-19(17)24-9-7-15(12-24)23-27(25,26)16-3-1-2-14(21)11-16;3-2(4,5)1(6)7/h1-6,8,10-11,15,23H,7,9,12H2;(H,6,7). The molecule has 1 unspecified atom stereocenters. The molecule has 0 bridgehead atoms. The molecule has 1 saturated heterocycles. The normalized spacial score (nSPS) is 16.3. The second kappa shape index (κ2) is 10.1. The molecule has 0 saturated carbocycles. The summed E-state index contributed by atoms with van der Waals surface area (Å²) >= 11 is 6.04. The predicted molar refractivity (Wildman–Crippen MR) is 118 cm³/mol. The van der Waals surface area contributed by atoms with E-state index in [4.69, 9.17) is 21.5 Å². The lowest BCUT2D eigenvalue weighted by atomic mass is 10.2. The van der Waals surface area contributed by atoms with Crippen LogP contribution in [-0.4, -0.2) is 49.8 Å². The van der Waals surface area contributed by atoms with Gasteiger partial charge in [0.15, 0.2) is 0 Å². The van der Waals surface area contributed by atoms with E-state index in [1.54, 1.807) is 12.3 Å². The summed E-state index contributed by atoms with van der Waals surface area (Å²) in [7, 11) is -3.77. The van der Waals surface area contributed by atoms with Gasteiger partial charge in [0.05, 0.1) is 10.4 Å². The molecule has 4 rings (SSSR count). The zero-order valence-electron chi connectivity index (χ0n) is 17.3. The van der Waals surface area contributed by atoms with Crippen LogP contribution >= 0.6 is 11.6 Å². The Bertz CT molecular complexity index is 1300. The summed E-state index contributed by atoms with van der Waals surface area (Å²) in [6.07, 6.45) is -2.70. The number of nitrogens with zero attached hydrogens (tertiary/aromatic N) is 2. The van der Waals surface area contributed by atoms with Crippen molar-refractivity contribution in [3.8, 4) is 0 Å². The summed E-state index contributed by atoms with van der Waals surface area (Å²) in [6, 6.07) is 12.2. The molecule has 1 fully saturated rings. The molecule has 0 spiro atoms. The van der Waals surface area contributed by atoms with Gasteiger partial charge >= 0.3 is 12.1 Å². The first kappa shape index (κ1) is 25.7. The van der Waals surface area contributed by atoms with Crippen LogP contribution in [0.1, 0.15) is 6.42 Å². The Hall–Kier alpha value is -2.96. The Morgan fingerprint density at radius 1 is 1.18 bits per heavy atom. The smallest absolute Gasteiger partial charge is 0.475 e. The van der Waals surface area contributed by atoms with Crippen molar-refractivity contribution < 1.29 is 35.9 Å². The number of anilines is 1. The molecule has 0 radical (unpaired) electrons. The molecule has 0 amide bonds. The fourth-order valence-corrected chi connectivity index (χ4v) is 4.84. The van der Waals surface area contributed by atoms with E-state index in [9.17, 15) is 26.0 Å². The van der Waals surface area contributed by atoms with Gasteiger partial charge < -0.3 is 10.0 Å². The maximum absolute atomic E-state index is 13.4. The number of rotatable bonds is 4. The number of carbonyl (C=O) groups is 1. The molecule has 182 valence electrons. The molecule has 2 aromatic carbocycles. The van der Waals surface area contributed by atoms with Gasteiger partial charge in [-0.2, -0.15) is 13.2 Å². The van der Waals surface area contributed by atoms with E-state index >= 15 is 0 Å². The van der Waals surface area contributed by atoms with Gasteiger partial charge in [-0.1, -0.05) is 17.7 Å². The molecular weight excluding hydrogens is 502 g/mol. The third kappa shape index (κ3) is 6.33. The highest BCUT2D eigenvalue weighted by Gasteiger charge is 2.38. The van der Waals surface area contributed by atoms with Gasteiger partial charge in [0.2, 0.25) is 10.0 Å². The van der Waals surface area contributed by atoms with Gasteiger partial charge in [-0.05, 0) is 48.9 Å². The van der Waals surface area contributed by atoms with E-state index in [1.807, 2.05) is 18.2 Å². The zero-order valence-corrected chi connectivity index (χ0v) is 18.8. The second-order valence-electron chi connectivity index (χ2n) is 7.30. The SMILES string of the molecule is O=C(O)C(F)(F)F.O=S(=O)(NC1CCN(c2ccnc3cc(Cl)ccc23)C1)c1cccc(F)c1. The average Bonchev–Trinajstić information content (AvgIpc) is 3.20. The number of alkyl halides is 3. The van der Waals surface area contributed by atoms with Crippen LogP contribution in [0.5, 0.6) is 0 Å². The van der Waals surface area contributed by atoms with Gasteiger partial charge in [-0.3, -0.25) is 4.98 Å². The second-order valence-corrected chi connectivity index (χ2v) is 9.46. The van der Waals surface area contributed by atoms with E-state index in [1.165, 1.54) is 18.2 Å². The van der Waals surface area contributed by atoms with Crippen molar-refractivity contribution >= 4 is 44.2 Å².